The van der Waals surface area contributed by atoms with Crippen LogP contribution in [0.5, 0.6) is 11.5 Å². The lowest BCUT2D eigenvalue weighted by Gasteiger charge is -2.16. The van der Waals surface area contributed by atoms with Gasteiger partial charge in [-0.3, -0.25) is 0 Å². The lowest BCUT2D eigenvalue weighted by Crippen LogP contribution is -2.03. The maximum Gasteiger partial charge on any atom is 0.123 e. The monoisotopic (exact) mass is 190 g/mol. The fraction of sp³-hybridized carbons (Fsp3) is 0.333. The molecule has 0 atom stereocenters. The molecule has 2 rings (SSSR count). The second kappa shape index (κ2) is 3.74. The highest BCUT2D eigenvalue weighted by Gasteiger charge is 2.14. The molecule has 0 radical (unpaired) electrons. The van der Waals surface area contributed by atoms with Gasteiger partial charge in [-0.2, -0.15) is 0 Å². The number of hydrogen-bond donors (Lipinski definition) is 1. The standard InChI is InChI=1S/C12H14O2/c1-2-14-12-8-7-11(13)9-5-3-4-6-10(9)12/h3-4,7-8,13H,2,5-6H2,1H3. The van der Waals surface area contributed by atoms with E-state index in [1.54, 1.807) is 6.07 Å². The summed E-state index contributed by atoms with van der Waals surface area (Å²) in [5.74, 6) is 1.29. The average Bonchev–Trinajstić information content (AvgIpc) is 2.23. The molecule has 0 unspecified atom stereocenters. The minimum Gasteiger partial charge on any atom is -0.508 e. The fourth-order valence-electron chi connectivity index (χ4n) is 1.80. The van der Waals surface area contributed by atoms with Gasteiger partial charge in [-0.25, -0.2) is 0 Å². The van der Waals surface area contributed by atoms with E-state index in [4.69, 9.17) is 4.74 Å². The molecule has 0 fully saturated rings. The van der Waals surface area contributed by atoms with Gasteiger partial charge >= 0.3 is 0 Å². The summed E-state index contributed by atoms with van der Waals surface area (Å²) in [6.45, 7) is 2.64. The Balaban J connectivity index is 2.45. The Morgan fingerprint density at radius 3 is 2.64 bits per heavy atom. The highest BCUT2D eigenvalue weighted by molar-refractivity contribution is 5.51. The number of benzene rings is 1. The van der Waals surface area contributed by atoms with Crippen LogP contribution in [0.2, 0.25) is 0 Å². The van der Waals surface area contributed by atoms with Gasteiger partial charge in [0, 0.05) is 11.1 Å². The second-order valence-corrected chi connectivity index (χ2v) is 3.35. The maximum absolute atomic E-state index is 9.66. The summed E-state index contributed by atoms with van der Waals surface area (Å²) in [5, 5.41) is 9.66. The van der Waals surface area contributed by atoms with E-state index < -0.39 is 0 Å². The van der Waals surface area contributed by atoms with Crippen LogP contribution in [0.3, 0.4) is 0 Å². The summed E-state index contributed by atoms with van der Waals surface area (Å²) >= 11 is 0. The van der Waals surface area contributed by atoms with E-state index in [9.17, 15) is 5.11 Å². The smallest absolute Gasteiger partial charge is 0.123 e. The molecule has 1 aliphatic rings. The lowest BCUT2D eigenvalue weighted by atomic mass is 9.95. The van der Waals surface area contributed by atoms with Crippen molar-refractivity contribution in [2.75, 3.05) is 6.61 Å². The molecule has 2 heteroatoms. The fourth-order valence-corrected chi connectivity index (χ4v) is 1.80. The maximum atomic E-state index is 9.66. The third-order valence-corrected chi connectivity index (χ3v) is 2.47. The number of aromatic hydroxyl groups is 1. The first-order chi connectivity index (χ1) is 6.83. The molecule has 1 N–H and O–H groups in total. The molecule has 1 aromatic carbocycles. The number of phenols is 1. The van der Waals surface area contributed by atoms with Crippen LogP contribution in [0.25, 0.3) is 0 Å². The summed E-state index contributed by atoms with van der Waals surface area (Å²) in [4.78, 5) is 0. The Morgan fingerprint density at radius 1 is 1.21 bits per heavy atom. The van der Waals surface area contributed by atoms with Gasteiger partial charge in [0.2, 0.25) is 0 Å². The topological polar surface area (TPSA) is 29.5 Å². The number of allylic oxidation sites excluding steroid dienone is 2. The van der Waals surface area contributed by atoms with Crippen LogP contribution < -0.4 is 4.74 Å². The quantitative estimate of drug-likeness (QED) is 0.726. The van der Waals surface area contributed by atoms with Crippen molar-refractivity contribution in [3.05, 3.63) is 35.4 Å². The molecule has 0 spiro atoms. The lowest BCUT2D eigenvalue weighted by molar-refractivity contribution is 0.335. The number of phenolic OH excluding ortho intramolecular Hbond substituents is 1. The SMILES string of the molecule is CCOc1ccc(O)c2c1CC=CC2. The number of ether oxygens (including phenoxy) is 1. The van der Waals surface area contributed by atoms with Crippen molar-refractivity contribution in [1.82, 2.24) is 0 Å². The third-order valence-electron chi connectivity index (χ3n) is 2.47. The zero-order chi connectivity index (χ0) is 9.97. The Labute approximate surface area is 83.8 Å². The largest absolute Gasteiger partial charge is 0.508 e. The van der Waals surface area contributed by atoms with Crippen LogP contribution in [0.1, 0.15) is 18.1 Å². The van der Waals surface area contributed by atoms with Gasteiger partial charge in [0.15, 0.2) is 0 Å². The van der Waals surface area contributed by atoms with Crippen LogP contribution in [0.4, 0.5) is 0 Å². The van der Waals surface area contributed by atoms with E-state index in [1.165, 1.54) is 0 Å². The Kier molecular flexibility index (Phi) is 2.44. The molecule has 0 aliphatic heterocycles. The number of hydrogen-bond acceptors (Lipinski definition) is 2. The molecule has 0 aromatic heterocycles. The van der Waals surface area contributed by atoms with Crippen LogP contribution in [0, 0.1) is 0 Å². The molecule has 1 aromatic rings. The second-order valence-electron chi connectivity index (χ2n) is 3.35. The van der Waals surface area contributed by atoms with Gasteiger partial charge in [-0.15, -0.1) is 0 Å². The first-order valence-electron chi connectivity index (χ1n) is 4.94. The van der Waals surface area contributed by atoms with E-state index in [2.05, 4.69) is 12.2 Å². The molecule has 74 valence electrons. The Bertz CT molecular complexity index is 367. The average molecular weight is 190 g/mol. The highest BCUT2D eigenvalue weighted by Crippen LogP contribution is 2.33. The van der Waals surface area contributed by atoms with Crippen LogP contribution in [0.15, 0.2) is 24.3 Å². The van der Waals surface area contributed by atoms with Crippen LogP contribution in [-0.4, -0.2) is 11.7 Å². The van der Waals surface area contributed by atoms with Crippen molar-refractivity contribution in [3.63, 3.8) is 0 Å². The first kappa shape index (κ1) is 9.13. The van der Waals surface area contributed by atoms with Gasteiger partial charge in [-0.05, 0) is 31.9 Å². The van der Waals surface area contributed by atoms with E-state index in [-0.39, 0.29) is 0 Å². The predicted molar refractivity (Wildman–Crippen MR) is 55.8 cm³/mol. The molecule has 2 nitrogen and oxygen atoms in total. The molecule has 1 aliphatic carbocycles. The van der Waals surface area contributed by atoms with E-state index in [1.807, 2.05) is 13.0 Å². The Hall–Kier alpha value is -1.44. The van der Waals surface area contributed by atoms with E-state index in [0.29, 0.717) is 12.4 Å². The first-order valence-corrected chi connectivity index (χ1v) is 4.94. The van der Waals surface area contributed by atoms with Gasteiger partial charge in [0.25, 0.3) is 0 Å². The van der Waals surface area contributed by atoms with Gasteiger partial charge in [0.05, 0.1) is 6.61 Å². The Morgan fingerprint density at radius 2 is 1.93 bits per heavy atom. The zero-order valence-corrected chi connectivity index (χ0v) is 8.29. The summed E-state index contributed by atoms with van der Waals surface area (Å²) in [5.41, 5.74) is 2.15. The summed E-state index contributed by atoms with van der Waals surface area (Å²) in [6.07, 6.45) is 5.86. The number of fused-ring (bicyclic) bond motifs is 1. The summed E-state index contributed by atoms with van der Waals surface area (Å²) in [6, 6.07) is 3.56. The van der Waals surface area contributed by atoms with Crippen LogP contribution >= 0.6 is 0 Å². The minimum absolute atomic E-state index is 0.382. The molecular weight excluding hydrogens is 176 g/mol. The molecule has 14 heavy (non-hydrogen) atoms. The molecular formula is C12H14O2. The van der Waals surface area contributed by atoms with Gasteiger partial charge < -0.3 is 9.84 Å². The van der Waals surface area contributed by atoms with Gasteiger partial charge in [0.1, 0.15) is 11.5 Å². The van der Waals surface area contributed by atoms with E-state index in [0.717, 1.165) is 29.7 Å². The van der Waals surface area contributed by atoms with Crippen molar-refractivity contribution >= 4 is 0 Å². The van der Waals surface area contributed by atoms with Gasteiger partial charge in [-0.1, -0.05) is 12.2 Å². The predicted octanol–water partition coefficient (Wildman–Crippen LogP) is 2.45. The third kappa shape index (κ3) is 1.48. The molecule has 0 saturated carbocycles. The van der Waals surface area contributed by atoms with E-state index >= 15 is 0 Å². The minimum atomic E-state index is 0.382. The van der Waals surface area contributed by atoms with Crippen LogP contribution in [-0.2, 0) is 12.8 Å². The molecule has 0 heterocycles. The highest BCUT2D eigenvalue weighted by atomic mass is 16.5. The summed E-state index contributed by atoms with van der Waals surface area (Å²) in [7, 11) is 0. The van der Waals surface area contributed by atoms with Crippen molar-refractivity contribution in [2.24, 2.45) is 0 Å². The van der Waals surface area contributed by atoms with Crippen molar-refractivity contribution < 1.29 is 9.84 Å². The summed E-state index contributed by atoms with van der Waals surface area (Å²) < 4.78 is 5.51. The number of rotatable bonds is 2. The van der Waals surface area contributed by atoms with Crippen molar-refractivity contribution in [2.45, 2.75) is 19.8 Å². The molecule has 0 saturated heterocycles. The zero-order valence-electron chi connectivity index (χ0n) is 8.29. The van der Waals surface area contributed by atoms with Crippen molar-refractivity contribution in [3.8, 4) is 11.5 Å². The molecule has 0 bridgehead atoms. The molecule has 0 amide bonds. The van der Waals surface area contributed by atoms with Crippen molar-refractivity contribution in [1.29, 1.82) is 0 Å². The normalized spacial score (nSPS) is 13.8.